The van der Waals surface area contributed by atoms with E-state index < -0.39 is 0 Å². The molecule has 0 unspecified atom stereocenters. The minimum Gasteiger partial charge on any atom is -0.362 e. The van der Waals surface area contributed by atoms with Gasteiger partial charge < -0.3 is 15.5 Å². The summed E-state index contributed by atoms with van der Waals surface area (Å²) in [5, 5.41) is 8.25. The molecule has 1 aromatic carbocycles. The molecule has 1 saturated heterocycles. The fraction of sp³-hybridized carbons (Fsp3) is 0.520. The summed E-state index contributed by atoms with van der Waals surface area (Å²) >= 11 is 11.9. The van der Waals surface area contributed by atoms with Gasteiger partial charge in [0, 0.05) is 30.1 Å². The summed E-state index contributed by atoms with van der Waals surface area (Å²) in [4.78, 5) is 7.05. The molecule has 1 atom stereocenters. The third-order valence-electron chi connectivity index (χ3n) is 6.82. The van der Waals surface area contributed by atoms with Gasteiger partial charge in [0.05, 0.1) is 11.9 Å². The third-order valence-corrected chi connectivity index (χ3v) is 7.30. The first-order valence-electron chi connectivity index (χ1n) is 11.6. The Morgan fingerprint density at radius 3 is 2.74 bits per heavy atom. The fourth-order valence-electron chi connectivity index (χ4n) is 5.08. The van der Waals surface area contributed by atoms with E-state index in [9.17, 15) is 0 Å². The number of pyridine rings is 1. The zero-order chi connectivity index (χ0) is 21.7. The van der Waals surface area contributed by atoms with Crippen molar-refractivity contribution in [2.75, 3.05) is 29.9 Å². The summed E-state index contributed by atoms with van der Waals surface area (Å²) in [5.74, 6) is 1.79. The Bertz CT molecular complexity index is 879. The minimum absolute atomic E-state index is 0.0853. The van der Waals surface area contributed by atoms with Gasteiger partial charge in [-0.3, -0.25) is 0 Å². The molecule has 1 aromatic heterocycles. The molecule has 6 heteroatoms. The second-order valence-electron chi connectivity index (χ2n) is 9.26. The number of thiocarbonyl (C=S) groups is 1. The topological polar surface area (TPSA) is 40.2 Å². The predicted molar refractivity (Wildman–Crippen MR) is 135 cm³/mol. The van der Waals surface area contributed by atoms with E-state index in [4.69, 9.17) is 23.8 Å². The average Bonchev–Trinajstić information content (AvgIpc) is 2.79. The van der Waals surface area contributed by atoms with Crippen LogP contribution in [0.15, 0.2) is 42.6 Å². The van der Waals surface area contributed by atoms with Gasteiger partial charge in [0.1, 0.15) is 5.82 Å². The Morgan fingerprint density at radius 1 is 1.19 bits per heavy atom. The molecular formula is C25H33ClN4S. The molecule has 1 saturated carbocycles. The van der Waals surface area contributed by atoms with Crippen LogP contribution >= 0.6 is 23.8 Å². The number of halogens is 1. The molecule has 2 heterocycles. The van der Waals surface area contributed by atoms with E-state index in [1.165, 1.54) is 37.7 Å². The molecule has 2 aliphatic rings. The molecule has 2 fully saturated rings. The van der Waals surface area contributed by atoms with Crippen LogP contribution in [0.1, 0.15) is 57.4 Å². The lowest BCUT2D eigenvalue weighted by molar-refractivity contribution is 0.292. The van der Waals surface area contributed by atoms with Gasteiger partial charge in [0.15, 0.2) is 5.11 Å². The molecule has 4 rings (SSSR count). The molecule has 0 radical (unpaired) electrons. The summed E-state index contributed by atoms with van der Waals surface area (Å²) in [6, 6.07) is 12.5. The first-order chi connectivity index (χ1) is 15.0. The summed E-state index contributed by atoms with van der Waals surface area (Å²) in [6.07, 6.45) is 10.6. The molecule has 31 heavy (non-hydrogen) atoms. The van der Waals surface area contributed by atoms with Crippen LogP contribution in [-0.2, 0) is 5.41 Å². The number of hydrogen-bond donors (Lipinski definition) is 2. The lowest BCUT2D eigenvalue weighted by atomic mass is 9.69. The molecule has 166 valence electrons. The van der Waals surface area contributed by atoms with Crippen LogP contribution in [-0.4, -0.2) is 29.7 Å². The van der Waals surface area contributed by atoms with E-state index in [-0.39, 0.29) is 5.41 Å². The van der Waals surface area contributed by atoms with Gasteiger partial charge in [-0.05, 0) is 73.6 Å². The van der Waals surface area contributed by atoms with Crippen LogP contribution in [0.5, 0.6) is 0 Å². The second-order valence-corrected chi connectivity index (χ2v) is 10.1. The Labute approximate surface area is 196 Å². The van der Waals surface area contributed by atoms with Crippen molar-refractivity contribution in [2.45, 2.75) is 57.3 Å². The van der Waals surface area contributed by atoms with Crippen molar-refractivity contribution in [3.63, 3.8) is 0 Å². The number of piperidine rings is 1. The number of anilines is 2. The maximum absolute atomic E-state index is 6.30. The van der Waals surface area contributed by atoms with Crippen molar-refractivity contribution in [3.8, 4) is 0 Å². The summed E-state index contributed by atoms with van der Waals surface area (Å²) in [5.41, 5.74) is 2.32. The van der Waals surface area contributed by atoms with Crippen LogP contribution in [0, 0.1) is 5.92 Å². The van der Waals surface area contributed by atoms with Gasteiger partial charge in [-0.2, -0.15) is 0 Å². The highest BCUT2D eigenvalue weighted by atomic mass is 35.5. The molecule has 0 bridgehead atoms. The van der Waals surface area contributed by atoms with Gasteiger partial charge in [-0.15, -0.1) is 0 Å². The first kappa shape index (κ1) is 22.3. The van der Waals surface area contributed by atoms with E-state index in [1.54, 1.807) is 0 Å². The van der Waals surface area contributed by atoms with Crippen molar-refractivity contribution in [3.05, 3.63) is 53.2 Å². The first-order valence-corrected chi connectivity index (χ1v) is 12.3. The quantitative estimate of drug-likeness (QED) is 0.527. The van der Waals surface area contributed by atoms with Crippen molar-refractivity contribution in [1.29, 1.82) is 0 Å². The van der Waals surface area contributed by atoms with Crippen molar-refractivity contribution in [1.82, 2.24) is 10.3 Å². The van der Waals surface area contributed by atoms with E-state index in [0.717, 1.165) is 54.9 Å². The Hall–Kier alpha value is -1.85. The molecule has 1 aliphatic carbocycles. The van der Waals surface area contributed by atoms with Crippen molar-refractivity contribution < 1.29 is 0 Å². The zero-order valence-electron chi connectivity index (χ0n) is 18.4. The average molecular weight is 457 g/mol. The lowest BCUT2D eigenvalue weighted by Crippen LogP contribution is -2.43. The maximum atomic E-state index is 6.30. The number of aromatic nitrogens is 1. The minimum atomic E-state index is 0.0853. The number of nitrogens with zero attached hydrogens (tertiary/aromatic N) is 2. The third kappa shape index (κ3) is 5.69. The van der Waals surface area contributed by atoms with E-state index in [0.29, 0.717) is 5.11 Å². The number of rotatable bonds is 5. The second kappa shape index (κ2) is 10.2. The standard InChI is InChI=1S/C25H33ClN4S/c1-19-7-6-14-30(17-19)23-11-10-22(16-27-23)29-24(31)28-18-25(12-3-2-4-13-25)20-8-5-9-21(26)15-20/h5,8-11,15-16,19H,2-4,6-7,12-14,17-18H2,1H3,(H2,28,29,31)/t19-/m0/s1. The van der Waals surface area contributed by atoms with E-state index >= 15 is 0 Å². The van der Waals surface area contributed by atoms with E-state index in [2.05, 4.69) is 57.8 Å². The van der Waals surface area contributed by atoms with Gasteiger partial charge in [-0.1, -0.05) is 49.9 Å². The molecular weight excluding hydrogens is 424 g/mol. The smallest absolute Gasteiger partial charge is 0.170 e. The Morgan fingerprint density at radius 2 is 2.03 bits per heavy atom. The largest absolute Gasteiger partial charge is 0.362 e. The molecule has 2 N–H and O–H groups in total. The monoisotopic (exact) mass is 456 g/mol. The normalized spacial score (nSPS) is 20.8. The van der Waals surface area contributed by atoms with Crippen LogP contribution in [0.2, 0.25) is 5.02 Å². The van der Waals surface area contributed by atoms with Crippen molar-refractivity contribution in [2.24, 2.45) is 5.92 Å². The van der Waals surface area contributed by atoms with Gasteiger partial charge in [-0.25, -0.2) is 4.98 Å². The molecule has 1 aliphatic heterocycles. The van der Waals surface area contributed by atoms with E-state index in [1.807, 2.05) is 12.3 Å². The number of nitrogens with one attached hydrogen (secondary N) is 2. The molecule has 0 spiro atoms. The number of benzene rings is 1. The van der Waals surface area contributed by atoms with Crippen LogP contribution in [0.25, 0.3) is 0 Å². The highest BCUT2D eigenvalue weighted by Crippen LogP contribution is 2.39. The van der Waals surface area contributed by atoms with Crippen LogP contribution in [0.4, 0.5) is 11.5 Å². The fourth-order valence-corrected chi connectivity index (χ4v) is 5.46. The summed E-state index contributed by atoms with van der Waals surface area (Å²) in [6.45, 7) is 5.31. The SMILES string of the molecule is C[C@H]1CCCN(c2ccc(NC(=S)NCC3(c4cccc(Cl)c4)CCCCC3)cn2)C1. The Balaban J connectivity index is 1.36. The lowest BCUT2D eigenvalue weighted by Gasteiger charge is -2.38. The zero-order valence-corrected chi connectivity index (χ0v) is 19.9. The van der Waals surface area contributed by atoms with Gasteiger partial charge in [0.25, 0.3) is 0 Å². The summed E-state index contributed by atoms with van der Waals surface area (Å²) < 4.78 is 0. The maximum Gasteiger partial charge on any atom is 0.170 e. The van der Waals surface area contributed by atoms with Crippen molar-refractivity contribution >= 4 is 40.4 Å². The van der Waals surface area contributed by atoms with Gasteiger partial charge >= 0.3 is 0 Å². The predicted octanol–water partition coefficient (Wildman–Crippen LogP) is 6.16. The van der Waals surface area contributed by atoms with Gasteiger partial charge in [0.2, 0.25) is 0 Å². The Kier molecular flexibility index (Phi) is 7.34. The molecule has 2 aromatic rings. The summed E-state index contributed by atoms with van der Waals surface area (Å²) in [7, 11) is 0. The number of hydrogen-bond acceptors (Lipinski definition) is 3. The highest BCUT2D eigenvalue weighted by molar-refractivity contribution is 7.80. The highest BCUT2D eigenvalue weighted by Gasteiger charge is 2.34. The molecule has 4 nitrogen and oxygen atoms in total. The molecule has 0 amide bonds. The van der Waals surface area contributed by atoms with Crippen LogP contribution in [0.3, 0.4) is 0 Å². The van der Waals surface area contributed by atoms with Crippen LogP contribution < -0.4 is 15.5 Å².